The number of hydrazine groups is 1. The van der Waals surface area contributed by atoms with Crippen molar-refractivity contribution in [2.75, 3.05) is 0 Å². The summed E-state index contributed by atoms with van der Waals surface area (Å²) in [6.07, 6.45) is 1.64. The lowest BCUT2D eigenvalue weighted by Crippen LogP contribution is -2.41. The van der Waals surface area contributed by atoms with E-state index in [9.17, 15) is 9.59 Å². The number of hydrogen-bond acceptors (Lipinski definition) is 3. The Labute approximate surface area is 131 Å². The Kier molecular flexibility index (Phi) is 4.02. The number of carbonyl (C=O) groups is 2. The highest BCUT2D eigenvalue weighted by Crippen LogP contribution is 2.27. The van der Waals surface area contributed by atoms with Crippen molar-refractivity contribution in [3.05, 3.63) is 70.7 Å². The second kappa shape index (κ2) is 6.28. The quantitative estimate of drug-likeness (QED) is 0.651. The number of hydrogen-bond donors (Lipinski definition) is 3. The molecular formula is C16H13N3O2S. The van der Waals surface area contributed by atoms with Crippen LogP contribution in [0.3, 0.4) is 0 Å². The molecule has 6 heteroatoms. The van der Waals surface area contributed by atoms with Gasteiger partial charge in [0.2, 0.25) is 0 Å². The van der Waals surface area contributed by atoms with Crippen LogP contribution in [0.1, 0.15) is 20.2 Å². The summed E-state index contributed by atoms with van der Waals surface area (Å²) in [7, 11) is 0. The number of carbonyl (C=O) groups excluding carboxylic acids is 2. The predicted octanol–water partition coefficient (Wildman–Crippen LogP) is 2.82. The summed E-state index contributed by atoms with van der Waals surface area (Å²) in [5, 5.41) is 1.85. The molecule has 0 aliphatic carbocycles. The fourth-order valence-electron chi connectivity index (χ4n) is 2.04. The van der Waals surface area contributed by atoms with Crippen LogP contribution in [0.25, 0.3) is 11.1 Å². The van der Waals surface area contributed by atoms with Gasteiger partial charge in [-0.1, -0.05) is 30.3 Å². The van der Waals surface area contributed by atoms with Crippen LogP contribution in [0.5, 0.6) is 0 Å². The van der Waals surface area contributed by atoms with Crippen LogP contribution >= 0.6 is 11.3 Å². The third kappa shape index (κ3) is 2.91. The number of nitrogens with one attached hydrogen (secondary N) is 3. The molecular weight excluding hydrogens is 298 g/mol. The Bertz CT molecular complexity index is 779. The zero-order valence-electron chi connectivity index (χ0n) is 11.5. The van der Waals surface area contributed by atoms with Gasteiger partial charge in [-0.25, -0.2) is 0 Å². The molecule has 22 heavy (non-hydrogen) atoms. The molecule has 0 unspecified atom stereocenters. The van der Waals surface area contributed by atoms with Crippen LogP contribution in [-0.4, -0.2) is 16.8 Å². The molecule has 5 nitrogen and oxygen atoms in total. The molecule has 0 fully saturated rings. The molecule has 0 saturated heterocycles. The number of thiophene rings is 1. The summed E-state index contributed by atoms with van der Waals surface area (Å²) in [6, 6.07) is 14.9. The van der Waals surface area contributed by atoms with Gasteiger partial charge in [-0.15, -0.1) is 11.3 Å². The predicted molar refractivity (Wildman–Crippen MR) is 85.5 cm³/mol. The first-order valence-electron chi connectivity index (χ1n) is 6.62. The van der Waals surface area contributed by atoms with E-state index in [-0.39, 0.29) is 5.91 Å². The maximum absolute atomic E-state index is 12.2. The lowest BCUT2D eigenvalue weighted by Gasteiger charge is -2.07. The minimum absolute atomic E-state index is 0.339. The SMILES string of the molecule is O=C(NNC(=O)c1sccc1-c1ccccc1)c1ccc[nH]1. The second-order valence-electron chi connectivity index (χ2n) is 4.52. The van der Waals surface area contributed by atoms with Crippen molar-refractivity contribution in [1.82, 2.24) is 15.8 Å². The molecule has 0 saturated carbocycles. The minimum atomic E-state index is -0.392. The topological polar surface area (TPSA) is 74.0 Å². The van der Waals surface area contributed by atoms with E-state index in [0.29, 0.717) is 10.6 Å². The fourth-order valence-corrected chi connectivity index (χ4v) is 2.85. The smallest absolute Gasteiger partial charge is 0.286 e. The highest BCUT2D eigenvalue weighted by atomic mass is 32.1. The summed E-state index contributed by atoms with van der Waals surface area (Å²) in [6.45, 7) is 0. The normalized spacial score (nSPS) is 10.2. The van der Waals surface area contributed by atoms with Crippen LogP contribution in [0.4, 0.5) is 0 Å². The maximum Gasteiger partial charge on any atom is 0.286 e. The first-order valence-corrected chi connectivity index (χ1v) is 7.50. The van der Waals surface area contributed by atoms with Crippen molar-refractivity contribution < 1.29 is 9.59 Å². The molecule has 3 rings (SSSR count). The van der Waals surface area contributed by atoms with Crippen LogP contribution in [0.15, 0.2) is 60.1 Å². The largest absolute Gasteiger partial charge is 0.357 e. The van der Waals surface area contributed by atoms with E-state index in [0.717, 1.165) is 11.1 Å². The summed E-state index contributed by atoms with van der Waals surface area (Å²) in [4.78, 5) is 27.4. The van der Waals surface area contributed by atoms with Gasteiger partial charge in [0.05, 0.1) is 0 Å². The van der Waals surface area contributed by atoms with Gasteiger partial charge in [-0.05, 0) is 29.1 Å². The zero-order valence-corrected chi connectivity index (χ0v) is 12.3. The molecule has 0 atom stereocenters. The Morgan fingerprint density at radius 1 is 0.909 bits per heavy atom. The van der Waals surface area contributed by atoms with Crippen LogP contribution in [0.2, 0.25) is 0 Å². The fraction of sp³-hybridized carbons (Fsp3) is 0. The zero-order chi connectivity index (χ0) is 15.4. The van der Waals surface area contributed by atoms with Crippen molar-refractivity contribution in [2.45, 2.75) is 0 Å². The minimum Gasteiger partial charge on any atom is -0.357 e. The lowest BCUT2D eigenvalue weighted by molar-refractivity contribution is 0.0847. The Morgan fingerprint density at radius 2 is 1.68 bits per heavy atom. The first-order chi connectivity index (χ1) is 10.8. The number of aromatic nitrogens is 1. The standard InChI is InChI=1S/C16H13N3O2S/c20-15(13-7-4-9-17-13)18-19-16(21)14-12(8-10-22-14)11-5-2-1-3-6-11/h1-10,17H,(H,18,20)(H,19,21). The van der Waals surface area contributed by atoms with Crippen molar-refractivity contribution >= 4 is 23.2 Å². The molecule has 1 aromatic carbocycles. The van der Waals surface area contributed by atoms with E-state index >= 15 is 0 Å². The Morgan fingerprint density at radius 3 is 2.41 bits per heavy atom. The third-order valence-electron chi connectivity index (χ3n) is 3.09. The molecule has 0 radical (unpaired) electrons. The van der Waals surface area contributed by atoms with Gasteiger partial charge in [0, 0.05) is 11.8 Å². The molecule has 2 aromatic heterocycles. The van der Waals surface area contributed by atoms with E-state index < -0.39 is 5.91 Å². The third-order valence-corrected chi connectivity index (χ3v) is 4.00. The van der Waals surface area contributed by atoms with Gasteiger partial charge in [0.25, 0.3) is 11.8 Å². The first kappa shape index (κ1) is 14.1. The number of rotatable bonds is 3. The van der Waals surface area contributed by atoms with Gasteiger partial charge in [-0.3, -0.25) is 20.4 Å². The van der Waals surface area contributed by atoms with Gasteiger partial charge >= 0.3 is 0 Å². The average Bonchev–Trinajstić information content (AvgIpc) is 3.24. The van der Waals surface area contributed by atoms with Crippen molar-refractivity contribution in [3.63, 3.8) is 0 Å². The van der Waals surface area contributed by atoms with Crippen molar-refractivity contribution in [2.24, 2.45) is 0 Å². The van der Waals surface area contributed by atoms with E-state index in [1.807, 2.05) is 41.8 Å². The highest BCUT2D eigenvalue weighted by molar-refractivity contribution is 7.12. The van der Waals surface area contributed by atoms with Crippen LogP contribution in [0, 0.1) is 0 Å². The number of aromatic amines is 1. The van der Waals surface area contributed by atoms with Gasteiger partial charge in [-0.2, -0.15) is 0 Å². The number of benzene rings is 1. The average molecular weight is 311 g/mol. The second-order valence-corrected chi connectivity index (χ2v) is 5.44. The molecule has 0 aliphatic rings. The molecule has 2 amide bonds. The summed E-state index contributed by atoms with van der Waals surface area (Å²) >= 11 is 1.33. The van der Waals surface area contributed by atoms with E-state index in [2.05, 4.69) is 15.8 Å². The van der Waals surface area contributed by atoms with Crippen molar-refractivity contribution in [1.29, 1.82) is 0 Å². The summed E-state index contributed by atoms with van der Waals surface area (Å²) in [5.74, 6) is -0.732. The van der Waals surface area contributed by atoms with Gasteiger partial charge < -0.3 is 4.98 Å². The highest BCUT2D eigenvalue weighted by Gasteiger charge is 2.15. The summed E-state index contributed by atoms with van der Waals surface area (Å²) < 4.78 is 0. The molecule has 3 N–H and O–H groups in total. The lowest BCUT2D eigenvalue weighted by atomic mass is 10.1. The molecule has 0 bridgehead atoms. The number of H-pyrrole nitrogens is 1. The van der Waals surface area contributed by atoms with Crippen LogP contribution < -0.4 is 10.9 Å². The van der Waals surface area contributed by atoms with E-state index in [1.54, 1.807) is 18.3 Å². The van der Waals surface area contributed by atoms with Crippen molar-refractivity contribution in [3.8, 4) is 11.1 Å². The maximum atomic E-state index is 12.2. The monoisotopic (exact) mass is 311 g/mol. The van der Waals surface area contributed by atoms with Crippen LogP contribution in [-0.2, 0) is 0 Å². The van der Waals surface area contributed by atoms with Gasteiger partial charge in [0.1, 0.15) is 10.6 Å². The Balaban J connectivity index is 1.71. The van der Waals surface area contributed by atoms with Gasteiger partial charge in [0.15, 0.2) is 0 Å². The van der Waals surface area contributed by atoms with E-state index in [4.69, 9.17) is 0 Å². The molecule has 3 aromatic rings. The Hall–Kier alpha value is -2.86. The summed E-state index contributed by atoms with van der Waals surface area (Å²) in [5.41, 5.74) is 7.02. The molecule has 0 spiro atoms. The molecule has 0 aliphatic heterocycles. The van der Waals surface area contributed by atoms with E-state index in [1.165, 1.54) is 11.3 Å². The molecule has 2 heterocycles. The molecule has 110 valence electrons. The number of amides is 2.